The highest BCUT2D eigenvalue weighted by Gasteiger charge is 2.35. The maximum Gasteiger partial charge on any atom is 0.367 e. The van der Waals surface area contributed by atoms with Gasteiger partial charge in [0.15, 0.2) is 5.54 Å². The Morgan fingerprint density at radius 3 is 2.25 bits per heavy atom. The van der Waals surface area contributed by atoms with E-state index in [4.69, 9.17) is 5.73 Å². The quantitative estimate of drug-likeness (QED) is 0.443. The molecule has 0 bridgehead atoms. The van der Waals surface area contributed by atoms with Crippen LogP contribution in [0.15, 0.2) is 0 Å². The number of esters is 1. The second-order valence-corrected chi connectivity index (χ2v) is 2.70. The predicted molar refractivity (Wildman–Crippen MR) is 37.1 cm³/mol. The van der Waals surface area contributed by atoms with Crippen molar-refractivity contribution in [3.63, 3.8) is 0 Å². The summed E-state index contributed by atoms with van der Waals surface area (Å²) in [6.45, 7) is 1.50. The zero-order valence-electron chi connectivity index (χ0n) is 7.09. The zero-order chi connectivity index (χ0) is 9.07. The van der Waals surface area contributed by atoms with Gasteiger partial charge in [-0.1, -0.05) is 0 Å². The van der Waals surface area contributed by atoms with Crippen LogP contribution in [0.3, 0.4) is 0 Å². The number of carbonyl (C=O) groups excluding carboxylic acids is 2. The number of hydrogen-bond donors (Lipinski definition) is 2. The lowest BCUT2D eigenvalue weighted by Crippen LogP contribution is -3.00. The van der Waals surface area contributed by atoms with E-state index in [0.29, 0.717) is 0 Å². The number of primary amides is 1. The maximum absolute atomic E-state index is 10.9. The number of nitrogens with two attached hydrogens (primary N) is 1. The van der Waals surface area contributed by atoms with Crippen LogP contribution in [0.5, 0.6) is 0 Å². The molecule has 0 unspecified atom stereocenters. The molecule has 0 fully saturated rings. The molecule has 0 spiro atoms. The van der Waals surface area contributed by atoms with Crippen LogP contribution in [-0.2, 0) is 14.3 Å². The monoisotopic (exact) mass is 196 g/mol. The van der Waals surface area contributed by atoms with Gasteiger partial charge in [-0.3, -0.25) is 4.79 Å². The van der Waals surface area contributed by atoms with Gasteiger partial charge in [-0.05, 0) is 0 Å². The Morgan fingerprint density at radius 1 is 1.58 bits per heavy atom. The van der Waals surface area contributed by atoms with Crippen molar-refractivity contribution in [2.24, 2.45) is 5.73 Å². The highest BCUT2D eigenvalue weighted by molar-refractivity contribution is 5.86. The van der Waals surface area contributed by atoms with Crippen LogP contribution in [0.4, 0.5) is 0 Å². The molecular weight excluding hydrogens is 184 g/mol. The number of hydrogen-bond acceptors (Lipinski definition) is 3. The van der Waals surface area contributed by atoms with Crippen LogP contribution in [0.25, 0.3) is 0 Å². The number of amides is 1. The van der Waals surface area contributed by atoms with E-state index in [0.717, 1.165) is 0 Å². The summed E-state index contributed by atoms with van der Waals surface area (Å²) < 4.78 is 4.41. The van der Waals surface area contributed by atoms with Crippen molar-refractivity contribution in [3.8, 4) is 0 Å². The first kappa shape index (κ1) is 13.8. The second-order valence-electron chi connectivity index (χ2n) is 2.70. The Hall–Kier alpha value is -0.810. The SMILES string of the molecule is COC(=O)[C@@](C)([NH3+])CC(N)=O.[Cl-]. The van der Waals surface area contributed by atoms with E-state index in [1.807, 2.05) is 0 Å². The first-order valence-corrected chi connectivity index (χ1v) is 3.12. The van der Waals surface area contributed by atoms with Gasteiger partial charge in [-0.15, -0.1) is 0 Å². The number of halogens is 1. The van der Waals surface area contributed by atoms with E-state index in [1.165, 1.54) is 14.0 Å². The number of quaternary nitrogens is 1. The molecular formula is C6H13ClN2O3. The summed E-state index contributed by atoms with van der Waals surface area (Å²) in [4.78, 5) is 21.3. The average Bonchev–Trinajstić information content (AvgIpc) is 1.83. The lowest BCUT2D eigenvalue weighted by Gasteiger charge is -2.14. The van der Waals surface area contributed by atoms with Gasteiger partial charge in [-0.2, -0.15) is 0 Å². The van der Waals surface area contributed by atoms with Crippen molar-refractivity contribution in [1.29, 1.82) is 0 Å². The first-order chi connectivity index (χ1) is 4.90. The second kappa shape index (κ2) is 4.95. The molecule has 12 heavy (non-hydrogen) atoms. The largest absolute Gasteiger partial charge is 1.00 e. The van der Waals surface area contributed by atoms with Crippen LogP contribution in [0.1, 0.15) is 13.3 Å². The summed E-state index contributed by atoms with van der Waals surface area (Å²) in [6.07, 6.45) is -0.0975. The molecule has 0 rings (SSSR count). The Balaban J connectivity index is 0. The standard InChI is InChI=1S/C6H12N2O3.ClH/c1-6(8,3-4(7)9)5(10)11-2;/h3,8H2,1-2H3,(H2,7,9);1H/t6-;/m0./s1. The highest BCUT2D eigenvalue weighted by atomic mass is 35.5. The highest BCUT2D eigenvalue weighted by Crippen LogP contribution is 2.03. The van der Waals surface area contributed by atoms with Crippen LogP contribution in [0, 0.1) is 0 Å². The summed E-state index contributed by atoms with van der Waals surface area (Å²) in [5, 5.41) is 0. The van der Waals surface area contributed by atoms with Crippen molar-refractivity contribution >= 4 is 11.9 Å². The van der Waals surface area contributed by atoms with Crippen molar-refractivity contribution in [2.75, 3.05) is 7.11 Å². The molecule has 6 heteroatoms. The Bertz CT molecular complexity index is 182. The molecule has 0 aromatic rings. The molecule has 0 aliphatic heterocycles. The minimum absolute atomic E-state index is 0. The molecule has 5 N–H and O–H groups in total. The third kappa shape index (κ3) is 4.15. The zero-order valence-corrected chi connectivity index (χ0v) is 7.85. The molecule has 1 amide bonds. The molecule has 0 aromatic heterocycles. The van der Waals surface area contributed by atoms with Gasteiger partial charge in [-0.25, -0.2) is 4.79 Å². The summed E-state index contributed by atoms with van der Waals surface area (Å²) in [5.74, 6) is -1.09. The van der Waals surface area contributed by atoms with Gasteiger partial charge in [0, 0.05) is 6.92 Å². The topological polar surface area (TPSA) is 97.0 Å². The predicted octanol–water partition coefficient (Wildman–Crippen LogP) is -4.96. The fourth-order valence-corrected chi connectivity index (χ4v) is 0.703. The number of methoxy groups -OCH3 is 1. The summed E-state index contributed by atoms with van der Waals surface area (Å²) in [5.41, 5.74) is 7.33. The van der Waals surface area contributed by atoms with E-state index in [9.17, 15) is 9.59 Å². The van der Waals surface area contributed by atoms with Crippen LogP contribution >= 0.6 is 0 Å². The molecule has 0 aliphatic carbocycles. The molecule has 5 nitrogen and oxygen atoms in total. The number of carbonyl (C=O) groups is 2. The van der Waals surface area contributed by atoms with Crippen LogP contribution in [-0.4, -0.2) is 24.5 Å². The molecule has 1 atom stereocenters. The summed E-state index contributed by atoms with van der Waals surface area (Å²) in [6, 6.07) is 0. The third-order valence-corrected chi connectivity index (χ3v) is 1.24. The smallest absolute Gasteiger partial charge is 0.367 e. The number of rotatable bonds is 3. The Kier molecular flexibility index (Phi) is 5.67. The van der Waals surface area contributed by atoms with Crippen molar-refractivity contribution < 1.29 is 32.5 Å². The molecule has 0 aromatic carbocycles. The normalized spacial score (nSPS) is 13.9. The van der Waals surface area contributed by atoms with E-state index in [2.05, 4.69) is 10.5 Å². The minimum Gasteiger partial charge on any atom is -1.00 e. The van der Waals surface area contributed by atoms with Crippen LogP contribution < -0.4 is 23.9 Å². The van der Waals surface area contributed by atoms with Gasteiger partial charge < -0.3 is 28.6 Å². The fourth-order valence-electron chi connectivity index (χ4n) is 0.703. The van der Waals surface area contributed by atoms with Crippen molar-refractivity contribution in [3.05, 3.63) is 0 Å². The van der Waals surface area contributed by atoms with Gasteiger partial charge in [0.25, 0.3) is 0 Å². The third-order valence-electron chi connectivity index (χ3n) is 1.24. The lowest BCUT2D eigenvalue weighted by atomic mass is 9.99. The maximum atomic E-state index is 10.9. The molecule has 72 valence electrons. The van der Waals surface area contributed by atoms with E-state index in [-0.39, 0.29) is 18.8 Å². The van der Waals surface area contributed by atoms with Gasteiger partial charge in [0.05, 0.1) is 13.5 Å². The fraction of sp³-hybridized carbons (Fsp3) is 0.667. The first-order valence-electron chi connectivity index (χ1n) is 3.12. The molecule has 0 saturated carbocycles. The number of ether oxygens (including phenoxy) is 1. The Labute approximate surface area is 76.8 Å². The van der Waals surface area contributed by atoms with Gasteiger partial charge >= 0.3 is 5.97 Å². The van der Waals surface area contributed by atoms with Crippen molar-refractivity contribution in [1.82, 2.24) is 0 Å². The summed E-state index contributed by atoms with van der Waals surface area (Å²) >= 11 is 0. The average molecular weight is 197 g/mol. The van der Waals surface area contributed by atoms with Gasteiger partial charge in [0.1, 0.15) is 0 Å². The molecule has 0 radical (unpaired) electrons. The minimum atomic E-state index is -1.05. The Morgan fingerprint density at radius 2 is 2.00 bits per heavy atom. The molecule has 0 saturated heterocycles. The van der Waals surface area contributed by atoms with E-state index >= 15 is 0 Å². The molecule has 0 aliphatic rings. The van der Waals surface area contributed by atoms with Crippen molar-refractivity contribution in [2.45, 2.75) is 18.9 Å². The van der Waals surface area contributed by atoms with E-state index < -0.39 is 17.4 Å². The van der Waals surface area contributed by atoms with E-state index in [1.54, 1.807) is 0 Å². The van der Waals surface area contributed by atoms with Crippen LogP contribution in [0.2, 0.25) is 0 Å². The van der Waals surface area contributed by atoms with Gasteiger partial charge in [0.2, 0.25) is 5.91 Å². The lowest BCUT2D eigenvalue weighted by molar-refractivity contribution is -0.455. The molecule has 0 heterocycles. The summed E-state index contributed by atoms with van der Waals surface area (Å²) in [7, 11) is 1.24.